The molecular weight excluding hydrogens is 376 g/mol. The first-order chi connectivity index (χ1) is 13.2. The van der Waals surface area contributed by atoms with Crippen LogP contribution < -0.4 is 5.32 Å². The summed E-state index contributed by atoms with van der Waals surface area (Å²) in [5.41, 5.74) is 1.39. The molecule has 1 amide bonds. The standard InChI is InChI=1S/C20H24N4OS2/c25-17(12-26-11-13-2-1-3-21-10-13)22-19-24-23-18(27-19)20-7-14-4-15(8-20)6-16(5-14)9-20/h1-3,10,14-16H,4-9,11-12H2,(H,22,24,25). The summed E-state index contributed by atoms with van der Waals surface area (Å²) in [4.78, 5) is 16.4. The highest BCUT2D eigenvalue weighted by Crippen LogP contribution is 2.61. The summed E-state index contributed by atoms with van der Waals surface area (Å²) in [6, 6.07) is 3.95. The number of carbonyl (C=O) groups excluding carboxylic acids is 1. The van der Waals surface area contributed by atoms with Gasteiger partial charge in [-0.1, -0.05) is 17.4 Å². The van der Waals surface area contributed by atoms with Crippen LogP contribution in [0, 0.1) is 17.8 Å². The van der Waals surface area contributed by atoms with Crippen molar-refractivity contribution < 1.29 is 4.79 Å². The third kappa shape index (κ3) is 3.63. The van der Waals surface area contributed by atoms with E-state index >= 15 is 0 Å². The summed E-state index contributed by atoms with van der Waals surface area (Å²) in [5.74, 6) is 3.88. The van der Waals surface area contributed by atoms with E-state index in [0.29, 0.717) is 10.9 Å². The first-order valence-electron chi connectivity index (χ1n) is 9.79. The lowest BCUT2D eigenvalue weighted by Gasteiger charge is -2.55. The largest absolute Gasteiger partial charge is 0.300 e. The van der Waals surface area contributed by atoms with E-state index in [1.807, 2.05) is 18.3 Å². The molecule has 1 N–H and O–H groups in total. The van der Waals surface area contributed by atoms with Crippen molar-refractivity contribution in [3.8, 4) is 0 Å². The molecule has 4 aliphatic carbocycles. The Morgan fingerprint density at radius 2 is 1.93 bits per heavy atom. The molecule has 5 nitrogen and oxygen atoms in total. The highest BCUT2D eigenvalue weighted by atomic mass is 32.2. The second kappa shape index (κ2) is 7.17. The average molecular weight is 401 g/mol. The molecule has 0 aromatic carbocycles. The minimum atomic E-state index is -0.00268. The van der Waals surface area contributed by atoms with Crippen LogP contribution in [0.4, 0.5) is 5.13 Å². The van der Waals surface area contributed by atoms with Crippen molar-refractivity contribution in [2.24, 2.45) is 17.8 Å². The zero-order valence-electron chi connectivity index (χ0n) is 15.3. The number of nitrogens with one attached hydrogen (secondary N) is 1. The van der Waals surface area contributed by atoms with Gasteiger partial charge in [-0.15, -0.1) is 22.0 Å². The van der Waals surface area contributed by atoms with Crippen molar-refractivity contribution in [2.45, 2.75) is 49.7 Å². The van der Waals surface area contributed by atoms with Crippen LogP contribution in [0.15, 0.2) is 24.5 Å². The molecule has 4 aliphatic rings. The van der Waals surface area contributed by atoms with E-state index in [9.17, 15) is 4.79 Å². The summed E-state index contributed by atoms with van der Waals surface area (Å²) in [7, 11) is 0. The number of hydrogen-bond donors (Lipinski definition) is 1. The number of carbonyl (C=O) groups is 1. The van der Waals surface area contributed by atoms with Crippen molar-refractivity contribution >= 4 is 34.1 Å². The third-order valence-corrected chi connectivity index (χ3v) is 8.48. The molecular formula is C20H24N4OS2. The molecule has 2 aromatic heterocycles. The van der Waals surface area contributed by atoms with Crippen LogP contribution in [0.5, 0.6) is 0 Å². The van der Waals surface area contributed by atoms with Gasteiger partial charge in [0.05, 0.1) is 5.75 Å². The number of anilines is 1. The fourth-order valence-electron chi connectivity index (χ4n) is 5.76. The Balaban J connectivity index is 1.18. The van der Waals surface area contributed by atoms with Gasteiger partial charge in [-0.25, -0.2) is 0 Å². The van der Waals surface area contributed by atoms with Crippen LogP contribution in [0.3, 0.4) is 0 Å². The molecule has 2 heterocycles. The maximum Gasteiger partial charge on any atom is 0.236 e. The molecule has 4 fully saturated rings. The minimum Gasteiger partial charge on any atom is -0.300 e. The van der Waals surface area contributed by atoms with Gasteiger partial charge in [0.1, 0.15) is 5.01 Å². The van der Waals surface area contributed by atoms with E-state index in [2.05, 4.69) is 20.5 Å². The Kier molecular flexibility index (Phi) is 4.68. The van der Waals surface area contributed by atoms with Gasteiger partial charge in [0.15, 0.2) is 0 Å². The maximum atomic E-state index is 12.3. The average Bonchev–Trinajstić information content (AvgIpc) is 3.11. The lowest BCUT2D eigenvalue weighted by atomic mass is 9.50. The summed E-state index contributed by atoms with van der Waals surface area (Å²) in [6.45, 7) is 0. The Hall–Kier alpha value is -1.47. The van der Waals surface area contributed by atoms with E-state index < -0.39 is 0 Å². The monoisotopic (exact) mass is 400 g/mol. The summed E-state index contributed by atoms with van der Waals surface area (Å²) in [6.07, 6.45) is 11.7. The van der Waals surface area contributed by atoms with E-state index in [1.165, 1.54) is 43.5 Å². The molecule has 0 aliphatic heterocycles. The fourth-order valence-corrected chi connectivity index (χ4v) is 7.50. The van der Waals surface area contributed by atoms with Crippen LogP contribution in [-0.2, 0) is 16.0 Å². The molecule has 0 unspecified atom stereocenters. The van der Waals surface area contributed by atoms with Gasteiger partial charge in [-0.2, -0.15) is 0 Å². The predicted octanol–water partition coefficient (Wildman–Crippen LogP) is 4.27. The zero-order valence-corrected chi connectivity index (χ0v) is 16.9. The van der Waals surface area contributed by atoms with Crippen LogP contribution in [0.2, 0.25) is 0 Å². The number of rotatable bonds is 6. The predicted molar refractivity (Wildman–Crippen MR) is 109 cm³/mol. The Labute approximate surface area is 167 Å². The number of hydrogen-bond acceptors (Lipinski definition) is 6. The molecule has 0 spiro atoms. The minimum absolute atomic E-state index is 0.00268. The fraction of sp³-hybridized carbons (Fsp3) is 0.600. The number of amides is 1. The molecule has 4 saturated carbocycles. The lowest BCUT2D eigenvalue weighted by molar-refractivity contribution is -0.113. The second-order valence-electron chi connectivity index (χ2n) is 8.51. The molecule has 7 heteroatoms. The first kappa shape index (κ1) is 17.6. The first-order valence-corrected chi connectivity index (χ1v) is 11.8. The van der Waals surface area contributed by atoms with Crippen LogP contribution in [-0.4, -0.2) is 26.8 Å². The van der Waals surface area contributed by atoms with Crippen LogP contribution in [0.1, 0.15) is 49.1 Å². The second-order valence-corrected chi connectivity index (χ2v) is 10.5. The van der Waals surface area contributed by atoms with Crippen LogP contribution >= 0.6 is 23.1 Å². The number of pyridine rings is 1. The number of thioether (sulfide) groups is 1. The molecule has 0 atom stereocenters. The quantitative estimate of drug-likeness (QED) is 0.784. The van der Waals surface area contributed by atoms with E-state index in [1.54, 1.807) is 29.3 Å². The van der Waals surface area contributed by atoms with Gasteiger partial charge in [0.2, 0.25) is 11.0 Å². The molecule has 4 bridgehead atoms. The van der Waals surface area contributed by atoms with Crippen molar-refractivity contribution in [1.29, 1.82) is 0 Å². The molecule has 142 valence electrons. The molecule has 2 aromatic rings. The lowest BCUT2D eigenvalue weighted by Crippen LogP contribution is -2.48. The number of nitrogens with zero attached hydrogens (tertiary/aromatic N) is 3. The normalized spacial score (nSPS) is 31.2. The van der Waals surface area contributed by atoms with Gasteiger partial charge in [0.25, 0.3) is 0 Å². The van der Waals surface area contributed by atoms with Gasteiger partial charge in [0, 0.05) is 23.6 Å². The third-order valence-electron chi connectivity index (χ3n) is 6.39. The Morgan fingerprint density at radius 1 is 1.19 bits per heavy atom. The van der Waals surface area contributed by atoms with Crippen molar-refractivity contribution in [1.82, 2.24) is 15.2 Å². The van der Waals surface area contributed by atoms with Crippen LogP contribution in [0.25, 0.3) is 0 Å². The summed E-state index contributed by atoms with van der Waals surface area (Å²) >= 11 is 3.20. The highest BCUT2D eigenvalue weighted by molar-refractivity contribution is 7.99. The van der Waals surface area contributed by atoms with Gasteiger partial charge in [-0.3, -0.25) is 15.1 Å². The Morgan fingerprint density at radius 3 is 2.59 bits per heavy atom. The van der Waals surface area contributed by atoms with Gasteiger partial charge < -0.3 is 0 Å². The topological polar surface area (TPSA) is 67.8 Å². The van der Waals surface area contributed by atoms with Crippen molar-refractivity contribution in [3.05, 3.63) is 35.1 Å². The van der Waals surface area contributed by atoms with E-state index in [-0.39, 0.29) is 11.3 Å². The van der Waals surface area contributed by atoms with E-state index in [0.717, 1.165) is 29.1 Å². The molecule has 0 radical (unpaired) electrons. The van der Waals surface area contributed by atoms with Gasteiger partial charge in [-0.05, 0) is 67.9 Å². The molecule has 27 heavy (non-hydrogen) atoms. The SMILES string of the molecule is O=C(CSCc1cccnc1)Nc1nnc(C23CC4CC(CC(C4)C2)C3)s1. The van der Waals surface area contributed by atoms with Crippen molar-refractivity contribution in [3.63, 3.8) is 0 Å². The number of aromatic nitrogens is 3. The molecule has 6 rings (SSSR count). The Bertz CT molecular complexity index is 787. The highest BCUT2D eigenvalue weighted by Gasteiger charge is 2.53. The van der Waals surface area contributed by atoms with E-state index in [4.69, 9.17) is 0 Å². The summed E-state index contributed by atoms with van der Waals surface area (Å²) < 4.78 is 0. The van der Waals surface area contributed by atoms with Crippen molar-refractivity contribution in [2.75, 3.05) is 11.1 Å². The summed E-state index contributed by atoms with van der Waals surface area (Å²) in [5, 5.41) is 13.6. The molecule has 0 saturated heterocycles. The maximum absolute atomic E-state index is 12.3. The zero-order chi connectivity index (χ0) is 18.3. The van der Waals surface area contributed by atoms with Gasteiger partial charge >= 0.3 is 0 Å². The smallest absolute Gasteiger partial charge is 0.236 e.